The van der Waals surface area contributed by atoms with Gasteiger partial charge in [-0.1, -0.05) is 0 Å². The third-order valence-electron chi connectivity index (χ3n) is 2.33. The van der Waals surface area contributed by atoms with Gasteiger partial charge >= 0.3 is 6.18 Å². The summed E-state index contributed by atoms with van der Waals surface area (Å²) in [6.45, 7) is -1.35. The number of hydrogen-bond donors (Lipinski definition) is 2. The van der Waals surface area contributed by atoms with Crippen LogP contribution in [0.25, 0.3) is 0 Å². The van der Waals surface area contributed by atoms with E-state index in [4.69, 9.17) is 11.0 Å². The van der Waals surface area contributed by atoms with E-state index in [1.54, 1.807) is 0 Å². The topological polar surface area (TPSA) is 100.0 Å². The van der Waals surface area contributed by atoms with Crippen LogP contribution in [0.3, 0.4) is 0 Å². The van der Waals surface area contributed by atoms with Crippen molar-refractivity contribution in [2.75, 3.05) is 11.9 Å². The van der Waals surface area contributed by atoms with Gasteiger partial charge in [-0.05, 0) is 18.9 Å². The molecule has 0 bridgehead atoms. The lowest BCUT2D eigenvalue weighted by molar-refractivity contribution is -0.118. The molecule has 21 heavy (non-hydrogen) atoms. The SMILES string of the molecule is N#CCCCCc1nccc(NC(N)=NCC(F)(F)F)n1. The monoisotopic (exact) mass is 300 g/mol. The smallest absolute Gasteiger partial charge is 0.370 e. The van der Waals surface area contributed by atoms with Crippen molar-refractivity contribution in [3.05, 3.63) is 18.1 Å². The molecule has 0 aliphatic carbocycles. The summed E-state index contributed by atoms with van der Waals surface area (Å²) in [5, 5.41) is 10.9. The number of unbranched alkanes of at least 4 members (excludes halogenated alkanes) is 2. The minimum atomic E-state index is -4.40. The van der Waals surface area contributed by atoms with E-state index in [0.29, 0.717) is 18.7 Å². The molecular formula is C12H15F3N6. The normalized spacial score (nSPS) is 12.0. The van der Waals surface area contributed by atoms with Gasteiger partial charge < -0.3 is 11.1 Å². The summed E-state index contributed by atoms with van der Waals surface area (Å²) in [7, 11) is 0. The fourth-order valence-electron chi connectivity index (χ4n) is 1.42. The Kier molecular flexibility index (Phi) is 6.39. The number of nitrogens with zero attached hydrogens (tertiary/aromatic N) is 4. The third-order valence-corrected chi connectivity index (χ3v) is 2.33. The average molecular weight is 300 g/mol. The number of nitriles is 1. The van der Waals surface area contributed by atoms with Gasteiger partial charge in [0.2, 0.25) is 0 Å². The number of nitrogens with one attached hydrogen (secondary N) is 1. The molecule has 0 fully saturated rings. The van der Waals surface area contributed by atoms with Gasteiger partial charge in [0.1, 0.15) is 18.2 Å². The molecule has 1 aromatic heterocycles. The molecule has 0 saturated heterocycles. The molecule has 0 aliphatic rings. The average Bonchev–Trinajstić information content (AvgIpc) is 2.41. The van der Waals surface area contributed by atoms with Crippen molar-refractivity contribution in [2.45, 2.75) is 31.9 Å². The van der Waals surface area contributed by atoms with Crippen LogP contribution in [0, 0.1) is 11.3 Å². The first-order chi connectivity index (χ1) is 9.90. The predicted molar refractivity (Wildman–Crippen MR) is 71.4 cm³/mol. The highest BCUT2D eigenvalue weighted by molar-refractivity contribution is 5.91. The van der Waals surface area contributed by atoms with E-state index in [9.17, 15) is 13.2 Å². The molecular weight excluding hydrogens is 285 g/mol. The predicted octanol–water partition coefficient (Wildman–Crippen LogP) is 2.00. The summed E-state index contributed by atoms with van der Waals surface area (Å²) < 4.78 is 35.9. The second-order valence-electron chi connectivity index (χ2n) is 4.16. The van der Waals surface area contributed by atoms with Crippen LogP contribution in [0.5, 0.6) is 0 Å². The second-order valence-corrected chi connectivity index (χ2v) is 4.16. The van der Waals surface area contributed by atoms with E-state index in [0.717, 1.165) is 12.8 Å². The Morgan fingerprint density at radius 3 is 2.86 bits per heavy atom. The maximum absolute atomic E-state index is 12.0. The number of aromatic nitrogens is 2. The van der Waals surface area contributed by atoms with E-state index in [2.05, 4.69) is 20.3 Å². The molecule has 0 spiro atoms. The zero-order chi connectivity index (χ0) is 15.7. The van der Waals surface area contributed by atoms with Crippen LogP contribution in [0.1, 0.15) is 25.1 Å². The van der Waals surface area contributed by atoms with Crippen LogP contribution in [0.15, 0.2) is 17.3 Å². The molecule has 9 heteroatoms. The van der Waals surface area contributed by atoms with Crippen LogP contribution in [0.4, 0.5) is 19.0 Å². The molecule has 6 nitrogen and oxygen atoms in total. The molecule has 1 rings (SSSR count). The van der Waals surface area contributed by atoms with Gasteiger partial charge in [-0.2, -0.15) is 18.4 Å². The Morgan fingerprint density at radius 2 is 2.19 bits per heavy atom. The highest BCUT2D eigenvalue weighted by Gasteiger charge is 2.26. The Morgan fingerprint density at radius 1 is 1.43 bits per heavy atom. The van der Waals surface area contributed by atoms with E-state index < -0.39 is 12.7 Å². The number of alkyl halides is 3. The van der Waals surface area contributed by atoms with Crippen molar-refractivity contribution in [1.29, 1.82) is 5.26 Å². The van der Waals surface area contributed by atoms with Crippen LogP contribution < -0.4 is 11.1 Å². The Balaban J connectivity index is 2.54. The van der Waals surface area contributed by atoms with E-state index in [1.165, 1.54) is 12.3 Å². The number of aryl methyl sites for hydroxylation is 1. The number of aliphatic imine (C=N–C) groups is 1. The molecule has 0 saturated carbocycles. The van der Waals surface area contributed by atoms with Gasteiger partial charge in [0.15, 0.2) is 5.96 Å². The second kappa shape index (κ2) is 8.04. The van der Waals surface area contributed by atoms with Crippen LogP contribution in [-0.2, 0) is 6.42 Å². The van der Waals surface area contributed by atoms with Crippen LogP contribution in [-0.4, -0.2) is 28.6 Å². The van der Waals surface area contributed by atoms with Gasteiger partial charge in [-0.3, -0.25) is 0 Å². The maximum Gasteiger partial charge on any atom is 0.408 e. The fourth-order valence-corrected chi connectivity index (χ4v) is 1.42. The van der Waals surface area contributed by atoms with Crippen molar-refractivity contribution in [3.63, 3.8) is 0 Å². The maximum atomic E-state index is 12.0. The lowest BCUT2D eigenvalue weighted by Gasteiger charge is -2.07. The Bertz CT molecular complexity index is 520. The number of guanidine groups is 1. The van der Waals surface area contributed by atoms with Crippen LogP contribution in [0.2, 0.25) is 0 Å². The number of nitrogens with two attached hydrogens (primary N) is 1. The number of rotatable bonds is 6. The first kappa shape index (κ1) is 16.7. The number of anilines is 1. The molecule has 1 aromatic rings. The summed E-state index contributed by atoms with van der Waals surface area (Å²) >= 11 is 0. The van der Waals surface area contributed by atoms with E-state index in [-0.39, 0.29) is 11.8 Å². The van der Waals surface area contributed by atoms with Gasteiger partial charge in [-0.25, -0.2) is 15.0 Å². The van der Waals surface area contributed by atoms with Gasteiger partial charge in [-0.15, -0.1) is 0 Å². The zero-order valence-corrected chi connectivity index (χ0v) is 11.2. The van der Waals surface area contributed by atoms with Crippen molar-refractivity contribution in [3.8, 4) is 6.07 Å². The third kappa shape index (κ3) is 7.71. The lowest BCUT2D eigenvalue weighted by Crippen LogP contribution is -2.26. The summed E-state index contributed by atoms with van der Waals surface area (Å²) in [5.74, 6) is 0.451. The molecule has 0 amide bonds. The molecule has 114 valence electrons. The van der Waals surface area contributed by atoms with Crippen molar-refractivity contribution in [1.82, 2.24) is 9.97 Å². The minimum Gasteiger partial charge on any atom is -0.370 e. The highest BCUT2D eigenvalue weighted by atomic mass is 19.4. The molecule has 0 atom stereocenters. The largest absolute Gasteiger partial charge is 0.408 e. The molecule has 0 radical (unpaired) electrons. The molecule has 0 unspecified atom stereocenters. The summed E-state index contributed by atoms with van der Waals surface area (Å²) in [6.07, 6.45) is -0.372. The molecule has 0 aliphatic heterocycles. The first-order valence-corrected chi connectivity index (χ1v) is 6.23. The summed E-state index contributed by atoms with van der Waals surface area (Å²) in [4.78, 5) is 11.3. The first-order valence-electron chi connectivity index (χ1n) is 6.23. The minimum absolute atomic E-state index is 0.281. The van der Waals surface area contributed by atoms with Gasteiger partial charge in [0, 0.05) is 19.0 Å². The highest BCUT2D eigenvalue weighted by Crippen LogP contribution is 2.14. The quantitative estimate of drug-likeness (QED) is 0.475. The zero-order valence-electron chi connectivity index (χ0n) is 11.2. The standard InChI is InChI=1S/C12H15F3N6/c13-12(14,15)8-19-11(17)21-10-5-7-18-9(20-10)4-2-1-3-6-16/h5,7H,1-4,8H2,(H3,17,18,19,20,21). The van der Waals surface area contributed by atoms with Crippen molar-refractivity contribution >= 4 is 11.8 Å². The van der Waals surface area contributed by atoms with E-state index >= 15 is 0 Å². The van der Waals surface area contributed by atoms with Gasteiger partial charge in [0.05, 0.1) is 6.07 Å². The Hall–Kier alpha value is -2.37. The molecule has 1 heterocycles. The lowest BCUT2D eigenvalue weighted by atomic mass is 10.2. The molecule has 0 aromatic carbocycles. The number of halogens is 3. The fraction of sp³-hybridized carbons (Fsp3) is 0.500. The summed E-state index contributed by atoms with van der Waals surface area (Å²) in [5.41, 5.74) is 5.35. The van der Waals surface area contributed by atoms with E-state index in [1.807, 2.05) is 6.07 Å². The summed E-state index contributed by atoms with van der Waals surface area (Å²) in [6, 6.07) is 3.52. The van der Waals surface area contributed by atoms with Crippen molar-refractivity contribution < 1.29 is 13.2 Å². The van der Waals surface area contributed by atoms with Gasteiger partial charge in [0.25, 0.3) is 0 Å². The number of hydrogen-bond acceptors (Lipinski definition) is 4. The van der Waals surface area contributed by atoms with Crippen molar-refractivity contribution in [2.24, 2.45) is 10.7 Å². The Labute approximate surface area is 119 Å². The van der Waals surface area contributed by atoms with Crippen LogP contribution >= 0.6 is 0 Å². The molecule has 3 N–H and O–H groups in total.